The lowest BCUT2D eigenvalue weighted by atomic mass is 9.90. The van der Waals surface area contributed by atoms with Crippen LogP contribution in [0.3, 0.4) is 0 Å². The summed E-state index contributed by atoms with van der Waals surface area (Å²) >= 11 is 0. The van der Waals surface area contributed by atoms with Crippen LogP contribution in [0.4, 0.5) is 0 Å². The number of ketones is 1. The van der Waals surface area contributed by atoms with Crippen LogP contribution in [0, 0.1) is 11.3 Å². The lowest BCUT2D eigenvalue weighted by molar-refractivity contribution is -0.123. The molecule has 4 rings (SSSR count). The topological polar surface area (TPSA) is 66.5 Å². The summed E-state index contributed by atoms with van der Waals surface area (Å²) in [5.74, 6) is 0.126. The monoisotopic (exact) mass is 408 g/mol. The number of allylic oxidation sites excluding steroid dienone is 1. The standard InChI is InChI=1S/C25H32N2O3/c1-18(28)20-9-5-6-10-21(20)24(30)27-15-12-25(13-16-27)17-22(25)23(29)26-14-11-19-7-3-2-4-8-19/h5-7,9-10,22H,2-4,8,11-17H2,1H3,(H,26,29)/t22-/m1/s1. The van der Waals surface area contributed by atoms with Crippen LogP contribution >= 0.6 is 0 Å². The molecule has 0 radical (unpaired) electrons. The van der Waals surface area contributed by atoms with Crippen molar-refractivity contribution < 1.29 is 14.4 Å². The fraction of sp³-hybridized carbons (Fsp3) is 0.560. The number of Topliss-reactive ketones (excluding diaryl/α,β-unsaturated/α-hetero) is 1. The van der Waals surface area contributed by atoms with E-state index in [4.69, 9.17) is 0 Å². The van der Waals surface area contributed by atoms with Gasteiger partial charge in [0, 0.05) is 31.1 Å². The van der Waals surface area contributed by atoms with E-state index in [1.54, 1.807) is 24.3 Å². The van der Waals surface area contributed by atoms with E-state index >= 15 is 0 Å². The van der Waals surface area contributed by atoms with Crippen molar-refractivity contribution >= 4 is 17.6 Å². The van der Waals surface area contributed by atoms with Crippen molar-refractivity contribution in [2.45, 2.75) is 58.3 Å². The first-order chi connectivity index (χ1) is 14.5. The maximum atomic E-state index is 13.0. The molecule has 160 valence electrons. The summed E-state index contributed by atoms with van der Waals surface area (Å²) in [5, 5.41) is 3.15. The number of nitrogens with zero attached hydrogens (tertiary/aromatic N) is 1. The summed E-state index contributed by atoms with van der Waals surface area (Å²) < 4.78 is 0. The molecule has 1 aromatic rings. The Kier molecular flexibility index (Phi) is 6.07. The number of hydrogen-bond donors (Lipinski definition) is 1. The quantitative estimate of drug-likeness (QED) is 0.568. The molecule has 5 nitrogen and oxygen atoms in total. The second-order valence-electron chi connectivity index (χ2n) is 9.16. The molecule has 1 aromatic carbocycles. The number of nitrogens with one attached hydrogen (secondary N) is 1. The molecule has 1 atom stereocenters. The molecule has 2 amide bonds. The minimum absolute atomic E-state index is 0.0712. The molecule has 5 heteroatoms. The van der Waals surface area contributed by atoms with E-state index < -0.39 is 0 Å². The summed E-state index contributed by atoms with van der Waals surface area (Å²) in [5.41, 5.74) is 2.54. The van der Waals surface area contributed by atoms with Crippen LogP contribution in [0.25, 0.3) is 0 Å². The fourth-order valence-corrected chi connectivity index (χ4v) is 5.17. The number of benzene rings is 1. The zero-order valence-corrected chi connectivity index (χ0v) is 17.9. The van der Waals surface area contributed by atoms with Crippen molar-refractivity contribution in [2.24, 2.45) is 11.3 Å². The van der Waals surface area contributed by atoms with Gasteiger partial charge in [0.05, 0.1) is 5.56 Å². The minimum atomic E-state index is -0.0876. The first-order valence-corrected chi connectivity index (χ1v) is 11.3. The average Bonchev–Trinajstić information content (AvgIpc) is 3.47. The van der Waals surface area contributed by atoms with Crippen molar-refractivity contribution in [1.82, 2.24) is 10.2 Å². The van der Waals surface area contributed by atoms with Crippen molar-refractivity contribution in [3.63, 3.8) is 0 Å². The number of likely N-dealkylation sites (tertiary alicyclic amines) is 1. The molecule has 1 aliphatic heterocycles. The maximum Gasteiger partial charge on any atom is 0.254 e. The molecule has 3 aliphatic rings. The third-order valence-corrected chi connectivity index (χ3v) is 7.22. The van der Waals surface area contributed by atoms with Gasteiger partial charge in [0.15, 0.2) is 5.78 Å². The SMILES string of the molecule is CC(=O)c1ccccc1C(=O)N1CCC2(CC1)C[C@@H]2C(=O)NCCC1=CCCCC1. The minimum Gasteiger partial charge on any atom is -0.356 e. The van der Waals surface area contributed by atoms with Gasteiger partial charge in [0.1, 0.15) is 0 Å². The molecule has 30 heavy (non-hydrogen) atoms. The Morgan fingerprint density at radius 2 is 1.83 bits per heavy atom. The number of carbonyl (C=O) groups excluding carboxylic acids is 3. The van der Waals surface area contributed by atoms with E-state index in [-0.39, 0.29) is 28.9 Å². The Morgan fingerprint density at radius 3 is 2.50 bits per heavy atom. The van der Waals surface area contributed by atoms with Crippen LogP contribution in [-0.4, -0.2) is 42.1 Å². The van der Waals surface area contributed by atoms with E-state index in [1.807, 2.05) is 4.90 Å². The number of hydrogen-bond acceptors (Lipinski definition) is 3. The van der Waals surface area contributed by atoms with Crippen LogP contribution in [0.5, 0.6) is 0 Å². The average molecular weight is 409 g/mol. The highest BCUT2D eigenvalue weighted by molar-refractivity contribution is 6.07. The molecule has 0 aromatic heterocycles. The Bertz CT molecular complexity index is 865. The zero-order chi connectivity index (χ0) is 21.1. The highest BCUT2D eigenvalue weighted by Gasteiger charge is 2.58. The lowest BCUT2D eigenvalue weighted by Crippen LogP contribution is -2.41. The van der Waals surface area contributed by atoms with Crippen molar-refractivity contribution in [2.75, 3.05) is 19.6 Å². The molecule has 0 unspecified atom stereocenters. The van der Waals surface area contributed by atoms with Crippen LogP contribution in [0.15, 0.2) is 35.9 Å². The van der Waals surface area contributed by atoms with Gasteiger partial charge < -0.3 is 10.2 Å². The number of amides is 2. The zero-order valence-electron chi connectivity index (χ0n) is 17.9. The van der Waals surface area contributed by atoms with Crippen LogP contribution < -0.4 is 5.32 Å². The molecule has 1 saturated carbocycles. The smallest absolute Gasteiger partial charge is 0.254 e. The van der Waals surface area contributed by atoms with Gasteiger partial charge in [-0.2, -0.15) is 0 Å². The second-order valence-corrected chi connectivity index (χ2v) is 9.16. The Hall–Kier alpha value is -2.43. The fourth-order valence-electron chi connectivity index (χ4n) is 5.17. The third-order valence-electron chi connectivity index (χ3n) is 7.22. The summed E-state index contributed by atoms with van der Waals surface area (Å²) in [6.45, 7) is 3.54. The van der Waals surface area contributed by atoms with Crippen molar-refractivity contribution in [1.29, 1.82) is 0 Å². The van der Waals surface area contributed by atoms with Gasteiger partial charge in [0.25, 0.3) is 5.91 Å². The Morgan fingerprint density at radius 1 is 1.10 bits per heavy atom. The molecule has 1 heterocycles. The molecule has 1 N–H and O–H groups in total. The summed E-state index contributed by atoms with van der Waals surface area (Å²) in [7, 11) is 0. The molecule has 1 spiro atoms. The van der Waals surface area contributed by atoms with Gasteiger partial charge in [-0.3, -0.25) is 14.4 Å². The highest BCUT2D eigenvalue weighted by atomic mass is 16.2. The molecule has 1 saturated heterocycles. The predicted octanol–water partition coefficient (Wildman–Crippen LogP) is 4.14. The van der Waals surface area contributed by atoms with Gasteiger partial charge in [0.2, 0.25) is 5.91 Å². The van der Waals surface area contributed by atoms with Gasteiger partial charge in [-0.1, -0.05) is 29.8 Å². The first-order valence-electron chi connectivity index (χ1n) is 11.3. The summed E-state index contributed by atoms with van der Waals surface area (Å²) in [4.78, 5) is 39.3. The Balaban J connectivity index is 1.27. The van der Waals surface area contributed by atoms with Crippen LogP contribution in [0.2, 0.25) is 0 Å². The van der Waals surface area contributed by atoms with Gasteiger partial charge in [-0.15, -0.1) is 0 Å². The molecule has 2 aliphatic carbocycles. The third kappa shape index (κ3) is 4.35. The largest absolute Gasteiger partial charge is 0.356 e. The van der Waals surface area contributed by atoms with E-state index in [1.165, 1.54) is 38.2 Å². The summed E-state index contributed by atoms with van der Waals surface area (Å²) in [6, 6.07) is 7.04. The lowest BCUT2D eigenvalue weighted by Gasteiger charge is -2.33. The normalized spacial score (nSPS) is 22.4. The van der Waals surface area contributed by atoms with E-state index in [0.717, 1.165) is 32.2 Å². The van der Waals surface area contributed by atoms with E-state index in [0.29, 0.717) is 24.2 Å². The predicted molar refractivity (Wildman–Crippen MR) is 116 cm³/mol. The number of carbonyl (C=O) groups is 3. The molecule has 2 fully saturated rings. The number of piperidine rings is 1. The second kappa shape index (κ2) is 8.75. The van der Waals surface area contributed by atoms with Gasteiger partial charge >= 0.3 is 0 Å². The molecular formula is C25H32N2O3. The maximum absolute atomic E-state index is 13.0. The summed E-state index contributed by atoms with van der Waals surface area (Å²) in [6.07, 6.45) is 10.9. The van der Waals surface area contributed by atoms with E-state index in [2.05, 4.69) is 11.4 Å². The van der Waals surface area contributed by atoms with Crippen molar-refractivity contribution in [3.05, 3.63) is 47.0 Å². The highest BCUT2D eigenvalue weighted by Crippen LogP contribution is 2.59. The first kappa shape index (κ1) is 20.8. The van der Waals surface area contributed by atoms with E-state index in [9.17, 15) is 14.4 Å². The number of rotatable bonds is 6. The van der Waals surface area contributed by atoms with Crippen LogP contribution in [-0.2, 0) is 4.79 Å². The van der Waals surface area contributed by atoms with Crippen LogP contribution in [0.1, 0.15) is 79.0 Å². The molecular weight excluding hydrogens is 376 g/mol. The van der Waals surface area contributed by atoms with Gasteiger partial charge in [-0.25, -0.2) is 0 Å². The van der Waals surface area contributed by atoms with Gasteiger partial charge in [-0.05, 0) is 69.8 Å². The Labute approximate surface area is 178 Å². The molecule has 0 bridgehead atoms. The van der Waals surface area contributed by atoms with Crippen molar-refractivity contribution in [3.8, 4) is 0 Å².